The van der Waals surface area contributed by atoms with E-state index in [0.29, 0.717) is 13.0 Å². The zero-order chi connectivity index (χ0) is 17.6. The molecule has 1 fully saturated rings. The summed E-state index contributed by atoms with van der Waals surface area (Å²) < 4.78 is 40.0. The van der Waals surface area contributed by atoms with Gasteiger partial charge in [-0.05, 0) is 43.5 Å². The van der Waals surface area contributed by atoms with E-state index in [1.165, 1.54) is 24.3 Å². The summed E-state index contributed by atoms with van der Waals surface area (Å²) in [7, 11) is 0. The smallest absolute Gasteiger partial charge is 0.406 e. The fourth-order valence-corrected chi connectivity index (χ4v) is 2.75. The quantitative estimate of drug-likeness (QED) is 0.789. The van der Waals surface area contributed by atoms with Crippen LogP contribution in [0.2, 0.25) is 0 Å². The van der Waals surface area contributed by atoms with Crippen LogP contribution in [0, 0.1) is 0 Å². The largest absolute Gasteiger partial charge is 0.573 e. The molecular weight excluding hydrogens is 325 g/mol. The highest BCUT2D eigenvalue weighted by Gasteiger charge is 2.31. The van der Waals surface area contributed by atoms with E-state index in [1.54, 1.807) is 0 Å². The first kappa shape index (κ1) is 18.5. The van der Waals surface area contributed by atoms with E-state index in [-0.39, 0.29) is 30.9 Å². The number of carbonyl (C=O) groups is 1. The molecule has 0 aliphatic carbocycles. The maximum absolute atomic E-state index is 12.1. The third kappa shape index (κ3) is 6.01. The van der Waals surface area contributed by atoms with Crippen molar-refractivity contribution in [3.05, 3.63) is 29.8 Å². The third-order valence-electron chi connectivity index (χ3n) is 3.95. The molecule has 8 heteroatoms. The van der Waals surface area contributed by atoms with Crippen molar-refractivity contribution in [1.82, 2.24) is 10.2 Å². The summed E-state index contributed by atoms with van der Waals surface area (Å²) in [6.07, 6.45) is -2.31. The number of aliphatic hydroxyl groups excluding tert-OH is 1. The molecule has 1 aromatic rings. The van der Waals surface area contributed by atoms with Crippen molar-refractivity contribution in [1.29, 1.82) is 0 Å². The van der Waals surface area contributed by atoms with Gasteiger partial charge in [-0.15, -0.1) is 13.2 Å². The number of nitrogens with one attached hydrogen (secondary N) is 1. The molecule has 0 unspecified atom stereocenters. The van der Waals surface area contributed by atoms with Crippen LogP contribution in [-0.4, -0.2) is 54.6 Å². The van der Waals surface area contributed by atoms with E-state index in [0.717, 1.165) is 24.9 Å². The Bertz CT molecular complexity index is 534. The molecule has 0 spiro atoms. The molecule has 1 amide bonds. The zero-order valence-electron chi connectivity index (χ0n) is 13.2. The van der Waals surface area contributed by atoms with Gasteiger partial charge in [0.2, 0.25) is 5.91 Å². The van der Waals surface area contributed by atoms with Crippen molar-refractivity contribution in [3.63, 3.8) is 0 Å². The Morgan fingerprint density at radius 3 is 2.67 bits per heavy atom. The minimum atomic E-state index is -4.70. The number of ether oxygens (including phenoxy) is 1. The summed E-state index contributed by atoms with van der Waals surface area (Å²) in [5, 5.41) is 12.0. The predicted molar refractivity (Wildman–Crippen MR) is 81.5 cm³/mol. The molecule has 0 bridgehead atoms. The van der Waals surface area contributed by atoms with Gasteiger partial charge in [0.25, 0.3) is 0 Å². The number of carbonyl (C=O) groups excluding carboxylic acids is 1. The Labute approximate surface area is 138 Å². The lowest BCUT2D eigenvalue weighted by atomic mass is 10.1. The molecule has 0 radical (unpaired) electrons. The zero-order valence-corrected chi connectivity index (χ0v) is 13.2. The van der Waals surface area contributed by atoms with Crippen molar-refractivity contribution < 1.29 is 27.8 Å². The molecule has 0 aromatic heterocycles. The van der Waals surface area contributed by atoms with Crippen molar-refractivity contribution in [2.75, 3.05) is 26.2 Å². The molecule has 1 saturated heterocycles. The molecule has 24 heavy (non-hydrogen) atoms. The van der Waals surface area contributed by atoms with Gasteiger partial charge in [-0.25, -0.2) is 0 Å². The monoisotopic (exact) mass is 346 g/mol. The summed E-state index contributed by atoms with van der Waals surface area (Å²) in [5.41, 5.74) is 0.805. The van der Waals surface area contributed by atoms with Crippen LogP contribution >= 0.6 is 0 Å². The Kier molecular flexibility index (Phi) is 6.44. The summed E-state index contributed by atoms with van der Waals surface area (Å²) in [5.74, 6) is -0.383. The van der Waals surface area contributed by atoms with E-state index >= 15 is 0 Å². The van der Waals surface area contributed by atoms with E-state index in [1.807, 2.05) is 4.90 Å². The highest BCUT2D eigenvalue weighted by Crippen LogP contribution is 2.22. The molecule has 2 N–H and O–H groups in total. The molecule has 134 valence electrons. The molecule has 1 heterocycles. The van der Waals surface area contributed by atoms with Crippen molar-refractivity contribution in [3.8, 4) is 5.75 Å². The number of alkyl halides is 3. The first-order chi connectivity index (χ1) is 11.4. The van der Waals surface area contributed by atoms with Gasteiger partial charge in [0.05, 0.1) is 13.2 Å². The highest BCUT2D eigenvalue weighted by molar-refractivity contribution is 5.78. The van der Waals surface area contributed by atoms with E-state index < -0.39 is 6.36 Å². The van der Waals surface area contributed by atoms with Crippen LogP contribution in [0.4, 0.5) is 13.2 Å². The first-order valence-electron chi connectivity index (χ1n) is 7.83. The van der Waals surface area contributed by atoms with Gasteiger partial charge in [0, 0.05) is 12.6 Å². The molecule has 1 atom stereocenters. The second-order valence-corrected chi connectivity index (χ2v) is 5.74. The lowest BCUT2D eigenvalue weighted by molar-refractivity contribution is -0.274. The van der Waals surface area contributed by atoms with Gasteiger partial charge in [-0.2, -0.15) is 0 Å². The van der Waals surface area contributed by atoms with Crippen LogP contribution in [0.25, 0.3) is 0 Å². The maximum atomic E-state index is 12.1. The maximum Gasteiger partial charge on any atom is 0.573 e. The van der Waals surface area contributed by atoms with E-state index in [4.69, 9.17) is 0 Å². The Hall–Kier alpha value is -1.80. The predicted octanol–water partition coefficient (Wildman–Crippen LogP) is 1.70. The summed E-state index contributed by atoms with van der Waals surface area (Å²) >= 11 is 0. The minimum absolute atomic E-state index is 0.0527. The second-order valence-electron chi connectivity index (χ2n) is 5.74. The molecule has 1 aliphatic heterocycles. The average Bonchev–Trinajstić information content (AvgIpc) is 2.94. The fourth-order valence-electron chi connectivity index (χ4n) is 2.75. The van der Waals surface area contributed by atoms with Crippen LogP contribution in [0.1, 0.15) is 18.4 Å². The van der Waals surface area contributed by atoms with Crippen LogP contribution in [0.3, 0.4) is 0 Å². The number of aliphatic hydroxyl groups is 1. The number of hydrogen-bond acceptors (Lipinski definition) is 4. The Morgan fingerprint density at radius 1 is 1.33 bits per heavy atom. The second kappa shape index (κ2) is 8.34. The lowest BCUT2D eigenvalue weighted by Crippen LogP contribution is -2.41. The van der Waals surface area contributed by atoms with Gasteiger partial charge in [0.15, 0.2) is 0 Å². The Balaban J connectivity index is 1.70. The van der Waals surface area contributed by atoms with Crippen molar-refractivity contribution >= 4 is 5.91 Å². The van der Waals surface area contributed by atoms with Gasteiger partial charge in [-0.3, -0.25) is 9.69 Å². The number of halogens is 3. The SMILES string of the molecule is O=C(CN1CCC[C@@H]1CO)NCCc1ccc(OC(F)(F)F)cc1. The van der Waals surface area contributed by atoms with Crippen LogP contribution in [0.5, 0.6) is 5.75 Å². The molecule has 1 aliphatic rings. The molecule has 1 aromatic carbocycles. The average molecular weight is 346 g/mol. The number of likely N-dealkylation sites (tertiary alicyclic amines) is 1. The van der Waals surface area contributed by atoms with E-state index in [2.05, 4.69) is 10.1 Å². The molecular formula is C16H21F3N2O3. The number of nitrogens with zero attached hydrogens (tertiary/aromatic N) is 1. The fraction of sp³-hybridized carbons (Fsp3) is 0.562. The first-order valence-corrected chi connectivity index (χ1v) is 7.83. The van der Waals surface area contributed by atoms with Gasteiger partial charge >= 0.3 is 6.36 Å². The molecule has 2 rings (SSSR count). The molecule has 5 nitrogen and oxygen atoms in total. The minimum Gasteiger partial charge on any atom is -0.406 e. The van der Waals surface area contributed by atoms with Crippen LogP contribution < -0.4 is 10.1 Å². The summed E-state index contributed by atoms with van der Waals surface area (Å²) in [6.45, 7) is 1.51. The topological polar surface area (TPSA) is 61.8 Å². The molecule has 0 saturated carbocycles. The normalized spacial score (nSPS) is 18.6. The number of hydrogen-bond donors (Lipinski definition) is 2. The Morgan fingerprint density at radius 2 is 2.04 bits per heavy atom. The summed E-state index contributed by atoms with van der Waals surface area (Å²) in [4.78, 5) is 13.8. The van der Waals surface area contributed by atoms with E-state index in [9.17, 15) is 23.1 Å². The number of benzene rings is 1. The standard InChI is InChI=1S/C16H21F3N2O3/c17-16(18,19)24-14-5-3-12(4-6-14)7-8-20-15(23)10-21-9-1-2-13(21)11-22/h3-6,13,22H,1-2,7-11H2,(H,20,23)/t13-/m1/s1. The third-order valence-corrected chi connectivity index (χ3v) is 3.95. The number of amides is 1. The highest BCUT2D eigenvalue weighted by atomic mass is 19.4. The van der Waals surface area contributed by atoms with Gasteiger partial charge < -0.3 is 15.2 Å². The van der Waals surface area contributed by atoms with Gasteiger partial charge in [0.1, 0.15) is 5.75 Å². The van der Waals surface area contributed by atoms with Crippen LogP contribution in [-0.2, 0) is 11.2 Å². The lowest BCUT2D eigenvalue weighted by Gasteiger charge is -2.21. The van der Waals surface area contributed by atoms with Crippen molar-refractivity contribution in [2.24, 2.45) is 0 Å². The van der Waals surface area contributed by atoms with Gasteiger partial charge in [-0.1, -0.05) is 12.1 Å². The summed E-state index contributed by atoms with van der Waals surface area (Å²) in [6, 6.07) is 5.63. The van der Waals surface area contributed by atoms with Crippen LogP contribution in [0.15, 0.2) is 24.3 Å². The van der Waals surface area contributed by atoms with Crippen molar-refractivity contribution in [2.45, 2.75) is 31.7 Å². The number of rotatable bonds is 7.